The zero-order valence-corrected chi connectivity index (χ0v) is 18.7. The summed E-state index contributed by atoms with van der Waals surface area (Å²) in [5.74, 6) is 1.01. The van der Waals surface area contributed by atoms with Crippen LogP contribution >= 0.6 is 11.8 Å². The van der Waals surface area contributed by atoms with Gasteiger partial charge in [0.1, 0.15) is 6.04 Å². The van der Waals surface area contributed by atoms with Crippen LogP contribution in [0.3, 0.4) is 0 Å². The maximum atomic E-state index is 13.1. The summed E-state index contributed by atoms with van der Waals surface area (Å²) in [6, 6.07) is 17.7. The highest BCUT2D eigenvalue weighted by Gasteiger charge is 2.27. The molecule has 156 valence electrons. The number of nitrogens with one attached hydrogen (secondary N) is 1. The Morgan fingerprint density at radius 3 is 2.34 bits per heavy atom. The van der Waals surface area contributed by atoms with Gasteiger partial charge < -0.3 is 10.2 Å². The minimum Gasteiger partial charge on any atom is -0.352 e. The lowest BCUT2D eigenvalue weighted by Crippen LogP contribution is -2.50. The molecule has 0 radical (unpaired) electrons. The summed E-state index contributed by atoms with van der Waals surface area (Å²) in [5.41, 5.74) is 3.38. The molecular weight excluding hydrogens is 380 g/mol. The van der Waals surface area contributed by atoms with E-state index in [9.17, 15) is 9.59 Å². The van der Waals surface area contributed by atoms with E-state index in [0.29, 0.717) is 12.3 Å². The Bertz CT molecular complexity index is 794. The van der Waals surface area contributed by atoms with E-state index in [4.69, 9.17) is 0 Å². The first kappa shape index (κ1) is 23.0. The molecule has 29 heavy (non-hydrogen) atoms. The van der Waals surface area contributed by atoms with Crippen LogP contribution in [0.1, 0.15) is 43.9 Å². The highest BCUT2D eigenvalue weighted by Crippen LogP contribution is 2.17. The van der Waals surface area contributed by atoms with Crippen LogP contribution in [0.15, 0.2) is 54.6 Å². The second-order valence-corrected chi connectivity index (χ2v) is 8.41. The first-order valence-corrected chi connectivity index (χ1v) is 11.3. The van der Waals surface area contributed by atoms with Gasteiger partial charge in [0.25, 0.3) is 0 Å². The Kier molecular flexibility index (Phi) is 9.26. The van der Waals surface area contributed by atoms with Crippen molar-refractivity contribution in [2.24, 2.45) is 0 Å². The quantitative estimate of drug-likeness (QED) is 0.622. The number of benzene rings is 2. The summed E-state index contributed by atoms with van der Waals surface area (Å²) in [4.78, 5) is 27.5. The number of hydrogen-bond donors (Lipinski definition) is 1. The molecule has 0 fully saturated rings. The molecule has 2 amide bonds. The Labute approximate surface area is 179 Å². The minimum atomic E-state index is -0.520. The van der Waals surface area contributed by atoms with Gasteiger partial charge in [0.05, 0.1) is 5.75 Å². The van der Waals surface area contributed by atoms with Crippen molar-refractivity contribution in [1.29, 1.82) is 0 Å². The number of amides is 2. The smallest absolute Gasteiger partial charge is 0.242 e. The lowest BCUT2D eigenvalue weighted by molar-refractivity contribution is -0.138. The maximum absolute atomic E-state index is 13.1. The molecule has 0 bridgehead atoms. The predicted octanol–water partition coefficient (Wildman–Crippen LogP) is 4.56. The molecule has 0 aliphatic carbocycles. The summed E-state index contributed by atoms with van der Waals surface area (Å²) in [5, 5.41) is 3.01. The largest absolute Gasteiger partial charge is 0.352 e. The van der Waals surface area contributed by atoms with E-state index in [0.717, 1.165) is 23.3 Å². The van der Waals surface area contributed by atoms with Crippen LogP contribution in [0.2, 0.25) is 0 Å². The van der Waals surface area contributed by atoms with Crippen molar-refractivity contribution < 1.29 is 9.59 Å². The average Bonchev–Trinajstić information content (AvgIpc) is 2.73. The van der Waals surface area contributed by atoms with E-state index in [2.05, 4.69) is 17.4 Å². The highest BCUT2D eigenvalue weighted by atomic mass is 32.2. The Balaban J connectivity index is 2.08. The molecule has 0 aliphatic heterocycles. The summed E-state index contributed by atoms with van der Waals surface area (Å²) >= 11 is 1.58. The van der Waals surface area contributed by atoms with Crippen molar-refractivity contribution in [2.75, 3.05) is 5.75 Å². The van der Waals surface area contributed by atoms with Gasteiger partial charge in [0.15, 0.2) is 0 Å². The third kappa shape index (κ3) is 7.24. The topological polar surface area (TPSA) is 49.4 Å². The molecule has 0 spiro atoms. The first-order valence-electron chi connectivity index (χ1n) is 10.2. The lowest BCUT2D eigenvalue weighted by atomic mass is 10.1. The van der Waals surface area contributed by atoms with Crippen molar-refractivity contribution in [2.45, 2.75) is 58.5 Å². The molecule has 4 nitrogen and oxygen atoms in total. The number of carbonyl (C=O) groups is 2. The average molecular weight is 413 g/mol. The number of thioether (sulfide) groups is 1. The first-order chi connectivity index (χ1) is 13.9. The third-order valence-electron chi connectivity index (χ3n) is 5.11. The van der Waals surface area contributed by atoms with Crippen molar-refractivity contribution in [3.63, 3.8) is 0 Å². The molecule has 0 saturated heterocycles. The summed E-state index contributed by atoms with van der Waals surface area (Å²) in [6.07, 6.45) is 0.858. The number of aryl methyl sites for hydroxylation is 1. The van der Waals surface area contributed by atoms with E-state index < -0.39 is 6.04 Å². The van der Waals surface area contributed by atoms with Crippen LogP contribution in [-0.4, -0.2) is 34.6 Å². The molecule has 2 aromatic rings. The molecule has 2 atom stereocenters. The van der Waals surface area contributed by atoms with Gasteiger partial charge in [0, 0.05) is 18.3 Å². The summed E-state index contributed by atoms with van der Waals surface area (Å²) in [6.45, 7) is 8.30. The molecule has 1 N–H and O–H groups in total. The van der Waals surface area contributed by atoms with Crippen molar-refractivity contribution in [3.05, 3.63) is 71.3 Å². The molecular formula is C24H32N2O2S. The van der Waals surface area contributed by atoms with Gasteiger partial charge in [-0.2, -0.15) is 0 Å². The van der Waals surface area contributed by atoms with Crippen molar-refractivity contribution in [1.82, 2.24) is 10.2 Å². The fourth-order valence-electron chi connectivity index (χ4n) is 2.93. The van der Waals surface area contributed by atoms with Crippen LogP contribution in [0.5, 0.6) is 0 Å². The number of carbonyl (C=O) groups excluding carboxylic acids is 2. The summed E-state index contributed by atoms with van der Waals surface area (Å²) < 4.78 is 0. The zero-order chi connectivity index (χ0) is 21.2. The Hall–Kier alpha value is -2.27. The van der Waals surface area contributed by atoms with Crippen LogP contribution in [0.4, 0.5) is 0 Å². The van der Waals surface area contributed by atoms with Gasteiger partial charge in [-0.15, -0.1) is 11.8 Å². The molecule has 5 heteroatoms. The van der Waals surface area contributed by atoms with Crippen LogP contribution in [0.25, 0.3) is 0 Å². The summed E-state index contributed by atoms with van der Waals surface area (Å²) in [7, 11) is 0. The normalized spacial score (nSPS) is 12.8. The second-order valence-electron chi connectivity index (χ2n) is 7.42. The SMILES string of the molecule is CC[C@@H](C)NC(=O)[C@@H](C)N(Cc1ccccc1C)C(=O)CSCc1ccccc1. The van der Waals surface area contributed by atoms with Gasteiger partial charge in [-0.3, -0.25) is 9.59 Å². The number of nitrogens with zero attached hydrogens (tertiary/aromatic N) is 1. The minimum absolute atomic E-state index is 0.0130. The fraction of sp³-hybridized carbons (Fsp3) is 0.417. The molecule has 0 aliphatic rings. The maximum Gasteiger partial charge on any atom is 0.242 e. The molecule has 0 unspecified atom stereocenters. The number of rotatable bonds is 10. The van der Waals surface area contributed by atoms with Crippen LogP contribution in [0, 0.1) is 6.92 Å². The highest BCUT2D eigenvalue weighted by molar-refractivity contribution is 7.99. The predicted molar refractivity (Wildman–Crippen MR) is 122 cm³/mol. The van der Waals surface area contributed by atoms with E-state index in [1.54, 1.807) is 16.7 Å². The Morgan fingerprint density at radius 1 is 1.03 bits per heavy atom. The molecule has 0 saturated carbocycles. The van der Waals surface area contributed by atoms with Gasteiger partial charge in [-0.05, 0) is 43.9 Å². The molecule has 2 rings (SSSR count). The number of hydrogen-bond acceptors (Lipinski definition) is 3. The van der Waals surface area contributed by atoms with E-state index >= 15 is 0 Å². The third-order valence-corrected chi connectivity index (χ3v) is 6.10. The van der Waals surface area contributed by atoms with Gasteiger partial charge >= 0.3 is 0 Å². The molecule has 2 aromatic carbocycles. The second kappa shape index (κ2) is 11.7. The Morgan fingerprint density at radius 2 is 1.69 bits per heavy atom. The molecule has 0 heterocycles. The zero-order valence-electron chi connectivity index (χ0n) is 17.9. The lowest BCUT2D eigenvalue weighted by Gasteiger charge is -2.30. The van der Waals surface area contributed by atoms with E-state index in [1.165, 1.54) is 5.56 Å². The standard InChI is InChI=1S/C24H32N2O2S/c1-5-19(3)25-24(28)20(4)26(15-22-14-10-9-11-18(22)2)23(27)17-29-16-21-12-7-6-8-13-21/h6-14,19-20H,5,15-17H2,1-4H3,(H,25,28)/t19-,20-/m1/s1. The molecule has 0 aromatic heterocycles. The van der Waals surface area contributed by atoms with Crippen molar-refractivity contribution in [3.8, 4) is 0 Å². The van der Waals surface area contributed by atoms with Gasteiger partial charge in [-0.1, -0.05) is 61.5 Å². The van der Waals surface area contributed by atoms with Gasteiger partial charge in [-0.25, -0.2) is 0 Å². The van der Waals surface area contributed by atoms with Crippen LogP contribution in [-0.2, 0) is 21.9 Å². The van der Waals surface area contributed by atoms with Crippen molar-refractivity contribution >= 4 is 23.6 Å². The van der Waals surface area contributed by atoms with E-state index in [1.807, 2.05) is 70.2 Å². The van der Waals surface area contributed by atoms with Gasteiger partial charge in [0.2, 0.25) is 11.8 Å². The van der Waals surface area contributed by atoms with Crippen LogP contribution < -0.4 is 5.32 Å². The van der Waals surface area contributed by atoms with E-state index in [-0.39, 0.29) is 17.9 Å². The fourth-order valence-corrected chi connectivity index (χ4v) is 3.80. The monoisotopic (exact) mass is 412 g/mol.